The molecule has 0 bridgehead atoms. The molecule has 3 aromatic rings. The maximum Gasteiger partial charge on any atom is 0.264 e. The number of carbonyl (C=O) groups excluding carboxylic acids is 2. The second kappa shape index (κ2) is 7.21. The van der Waals surface area contributed by atoms with Crippen molar-refractivity contribution in [1.82, 2.24) is 0 Å². The zero-order valence-electron chi connectivity index (χ0n) is 15.9. The molecule has 0 fully saturated rings. The van der Waals surface area contributed by atoms with Gasteiger partial charge in [-0.15, -0.1) is 0 Å². The van der Waals surface area contributed by atoms with E-state index in [0.29, 0.717) is 23.4 Å². The zero-order valence-corrected chi connectivity index (χ0v) is 15.9. The van der Waals surface area contributed by atoms with E-state index >= 15 is 0 Å². The number of ketones is 1. The molecule has 0 unspecified atom stereocenters. The summed E-state index contributed by atoms with van der Waals surface area (Å²) in [4.78, 5) is 27.7. The van der Waals surface area contributed by atoms with Crippen molar-refractivity contribution in [2.24, 2.45) is 0 Å². The van der Waals surface area contributed by atoms with Gasteiger partial charge in [0.2, 0.25) is 0 Å². The first kappa shape index (κ1) is 18.4. The minimum atomic E-state index is -1.81. The Morgan fingerprint density at radius 3 is 2.50 bits per heavy atom. The van der Waals surface area contributed by atoms with Gasteiger partial charge in [-0.3, -0.25) is 9.59 Å². The Kier molecular flexibility index (Phi) is 4.73. The Bertz CT molecular complexity index is 1060. The molecule has 142 valence electrons. The molecule has 1 aliphatic heterocycles. The topological polar surface area (TPSA) is 57.6 Å². The van der Waals surface area contributed by atoms with Crippen LogP contribution in [0.25, 0.3) is 10.8 Å². The number of aliphatic hydroxyl groups is 1. The van der Waals surface area contributed by atoms with Crippen molar-refractivity contribution in [3.63, 3.8) is 0 Å². The number of nitrogens with zero attached hydrogens (tertiary/aromatic N) is 1. The molecular formula is C24H23NO3. The fourth-order valence-corrected chi connectivity index (χ4v) is 3.91. The highest BCUT2D eigenvalue weighted by atomic mass is 16.3. The van der Waals surface area contributed by atoms with Crippen LogP contribution in [0, 0.1) is 0 Å². The summed E-state index contributed by atoms with van der Waals surface area (Å²) in [5, 5.41) is 13.3. The Balaban J connectivity index is 1.67. The number of carbonyl (C=O) groups is 2. The van der Waals surface area contributed by atoms with Gasteiger partial charge in [0, 0.05) is 17.7 Å². The molecule has 4 heteroatoms. The van der Waals surface area contributed by atoms with Crippen LogP contribution in [0.4, 0.5) is 5.69 Å². The van der Waals surface area contributed by atoms with E-state index in [1.807, 2.05) is 48.5 Å². The van der Waals surface area contributed by atoms with E-state index in [2.05, 4.69) is 6.92 Å². The molecule has 0 aliphatic carbocycles. The van der Waals surface area contributed by atoms with Crippen LogP contribution in [0.15, 0.2) is 66.7 Å². The van der Waals surface area contributed by atoms with Gasteiger partial charge in [-0.1, -0.05) is 67.9 Å². The van der Waals surface area contributed by atoms with Crippen molar-refractivity contribution in [3.05, 3.63) is 77.9 Å². The number of hydrogen-bond acceptors (Lipinski definition) is 3. The van der Waals surface area contributed by atoms with Crippen molar-refractivity contribution < 1.29 is 14.7 Å². The van der Waals surface area contributed by atoms with Gasteiger partial charge in [0.15, 0.2) is 11.4 Å². The van der Waals surface area contributed by atoms with Crippen LogP contribution in [0.5, 0.6) is 0 Å². The first-order valence-electron chi connectivity index (χ1n) is 9.70. The number of unbranched alkanes of at least 4 members (excludes halogenated alkanes) is 1. The first-order chi connectivity index (χ1) is 13.5. The average molecular weight is 373 g/mol. The maximum absolute atomic E-state index is 13.1. The van der Waals surface area contributed by atoms with E-state index in [0.717, 1.165) is 23.6 Å². The Morgan fingerprint density at radius 1 is 1.00 bits per heavy atom. The van der Waals surface area contributed by atoms with E-state index in [-0.39, 0.29) is 12.2 Å². The molecular weight excluding hydrogens is 350 g/mol. The third-order valence-corrected chi connectivity index (χ3v) is 5.46. The number of benzene rings is 3. The number of hydrogen-bond donors (Lipinski definition) is 1. The van der Waals surface area contributed by atoms with E-state index < -0.39 is 11.5 Å². The van der Waals surface area contributed by atoms with Gasteiger partial charge >= 0.3 is 0 Å². The fourth-order valence-electron chi connectivity index (χ4n) is 3.91. The molecule has 1 aliphatic rings. The predicted molar refractivity (Wildman–Crippen MR) is 110 cm³/mol. The highest BCUT2D eigenvalue weighted by molar-refractivity contribution is 6.11. The fraction of sp³-hybridized carbons (Fsp3) is 0.250. The number of Topliss-reactive ketones (excluding diaryl/α,β-unsaturated/α-hetero) is 1. The van der Waals surface area contributed by atoms with Crippen LogP contribution in [-0.2, 0) is 10.4 Å². The van der Waals surface area contributed by atoms with E-state index in [4.69, 9.17) is 0 Å². The second-order valence-corrected chi connectivity index (χ2v) is 7.35. The lowest BCUT2D eigenvalue weighted by Crippen LogP contribution is -2.42. The summed E-state index contributed by atoms with van der Waals surface area (Å²) >= 11 is 0. The van der Waals surface area contributed by atoms with Crippen LogP contribution < -0.4 is 4.90 Å². The third-order valence-electron chi connectivity index (χ3n) is 5.46. The number of fused-ring (bicyclic) bond motifs is 2. The highest BCUT2D eigenvalue weighted by Gasteiger charge is 2.50. The van der Waals surface area contributed by atoms with Gasteiger partial charge in [0.1, 0.15) is 0 Å². The Morgan fingerprint density at radius 2 is 1.71 bits per heavy atom. The molecule has 1 amide bonds. The summed E-state index contributed by atoms with van der Waals surface area (Å²) < 4.78 is 0. The molecule has 0 radical (unpaired) electrons. The van der Waals surface area contributed by atoms with Gasteiger partial charge < -0.3 is 10.0 Å². The number of amides is 1. The minimum absolute atomic E-state index is 0.242. The van der Waals surface area contributed by atoms with Crippen LogP contribution in [0.3, 0.4) is 0 Å². The summed E-state index contributed by atoms with van der Waals surface area (Å²) in [7, 11) is 0. The summed E-state index contributed by atoms with van der Waals surface area (Å²) in [6, 6.07) is 20.5. The molecule has 3 aromatic carbocycles. The lowest BCUT2D eigenvalue weighted by molar-refractivity contribution is -0.135. The molecule has 1 heterocycles. The van der Waals surface area contributed by atoms with Gasteiger partial charge in [0.25, 0.3) is 5.91 Å². The van der Waals surface area contributed by atoms with Gasteiger partial charge in [-0.05, 0) is 29.3 Å². The van der Waals surface area contributed by atoms with E-state index in [1.54, 1.807) is 23.1 Å². The van der Waals surface area contributed by atoms with Crippen molar-refractivity contribution in [1.29, 1.82) is 0 Å². The smallest absolute Gasteiger partial charge is 0.264 e. The molecule has 1 N–H and O–H groups in total. The number of rotatable bonds is 6. The van der Waals surface area contributed by atoms with Gasteiger partial charge in [-0.2, -0.15) is 0 Å². The lowest BCUT2D eigenvalue weighted by atomic mass is 9.88. The highest BCUT2D eigenvalue weighted by Crippen LogP contribution is 2.43. The van der Waals surface area contributed by atoms with Crippen molar-refractivity contribution in [2.45, 2.75) is 31.8 Å². The van der Waals surface area contributed by atoms with Crippen LogP contribution in [0.2, 0.25) is 0 Å². The largest absolute Gasteiger partial charge is 0.375 e. The monoisotopic (exact) mass is 373 g/mol. The quantitative estimate of drug-likeness (QED) is 0.650. The summed E-state index contributed by atoms with van der Waals surface area (Å²) in [5.41, 5.74) is -0.0861. The lowest BCUT2D eigenvalue weighted by Gasteiger charge is -2.22. The van der Waals surface area contributed by atoms with Crippen LogP contribution in [-0.4, -0.2) is 23.3 Å². The molecule has 0 aromatic heterocycles. The van der Waals surface area contributed by atoms with E-state index in [1.165, 1.54) is 0 Å². The average Bonchev–Trinajstić information content (AvgIpc) is 2.93. The first-order valence-corrected chi connectivity index (χ1v) is 9.70. The molecule has 28 heavy (non-hydrogen) atoms. The molecule has 0 saturated carbocycles. The molecule has 4 nitrogen and oxygen atoms in total. The van der Waals surface area contributed by atoms with Gasteiger partial charge in [-0.25, -0.2) is 0 Å². The molecule has 4 rings (SSSR count). The molecule has 1 atom stereocenters. The Labute approximate surface area is 164 Å². The third kappa shape index (κ3) is 3.00. The standard InChI is InChI=1S/C24H23NO3/c1-2-3-14-25-21-11-7-6-10-20(21)24(28,23(25)27)16-22(26)19-13-12-17-8-4-5-9-18(17)15-19/h4-13,15,28H,2-3,14,16H2,1H3/t24-/m1/s1. The van der Waals surface area contributed by atoms with E-state index in [9.17, 15) is 14.7 Å². The second-order valence-electron chi connectivity index (χ2n) is 7.35. The Hall–Kier alpha value is -2.98. The molecule has 0 spiro atoms. The van der Waals surface area contributed by atoms with Gasteiger partial charge in [0.05, 0.1) is 12.1 Å². The zero-order chi connectivity index (χ0) is 19.7. The SMILES string of the molecule is CCCCN1C(=O)[C@@](O)(CC(=O)c2ccc3ccccc3c2)c2ccccc21. The summed E-state index contributed by atoms with van der Waals surface area (Å²) in [6.07, 6.45) is 1.53. The van der Waals surface area contributed by atoms with Crippen LogP contribution in [0.1, 0.15) is 42.1 Å². The number of anilines is 1. The normalized spacial score (nSPS) is 18.5. The van der Waals surface area contributed by atoms with Crippen molar-refractivity contribution in [3.8, 4) is 0 Å². The molecule has 0 saturated heterocycles. The predicted octanol–water partition coefficient (Wildman–Crippen LogP) is 4.45. The number of para-hydroxylation sites is 1. The maximum atomic E-state index is 13.1. The summed E-state index contributed by atoms with van der Waals surface area (Å²) in [5.74, 6) is -0.648. The van der Waals surface area contributed by atoms with Crippen LogP contribution >= 0.6 is 0 Å². The summed E-state index contributed by atoms with van der Waals surface area (Å²) in [6.45, 7) is 2.60. The minimum Gasteiger partial charge on any atom is -0.375 e. The van der Waals surface area contributed by atoms with Crippen molar-refractivity contribution >= 4 is 28.2 Å². The van der Waals surface area contributed by atoms with Crippen molar-refractivity contribution in [2.75, 3.05) is 11.4 Å².